The Morgan fingerprint density at radius 3 is 3.06 bits per heavy atom. The molecule has 0 bridgehead atoms. The molecule has 2 N–H and O–H groups in total. The van der Waals surface area contributed by atoms with E-state index < -0.39 is 0 Å². The van der Waals surface area contributed by atoms with Crippen LogP contribution in [-0.2, 0) is 0 Å². The Morgan fingerprint density at radius 2 is 2.29 bits per heavy atom. The maximum Gasteiger partial charge on any atom is 0.0599 e. The molecule has 1 saturated heterocycles. The molecule has 2 heterocycles. The van der Waals surface area contributed by atoms with Crippen LogP contribution in [-0.4, -0.2) is 16.7 Å². The van der Waals surface area contributed by atoms with Gasteiger partial charge in [0.05, 0.1) is 11.9 Å². The third-order valence-corrected chi connectivity index (χ3v) is 3.45. The molecule has 4 heteroatoms. The Balaban J connectivity index is 2.00. The average Bonchev–Trinajstić information content (AvgIpc) is 3.00. The lowest BCUT2D eigenvalue weighted by molar-refractivity contribution is 0.626. The number of benzene rings is 1. The van der Waals surface area contributed by atoms with Crippen LogP contribution in [0.2, 0.25) is 5.02 Å². The van der Waals surface area contributed by atoms with Gasteiger partial charge in [0.1, 0.15) is 0 Å². The standard InChI is InChI=1S/C13H14ClN3/c14-10-4-1-3-9(7-10)11-8-16-17-13(11)12-5-2-6-15-12/h1,3-4,7-8,12,15H,2,5-6H2,(H,16,17). The summed E-state index contributed by atoms with van der Waals surface area (Å²) in [6, 6.07) is 8.29. The van der Waals surface area contributed by atoms with Crippen molar-refractivity contribution in [2.45, 2.75) is 18.9 Å². The molecular formula is C13H14ClN3. The molecule has 1 aliphatic heterocycles. The summed E-state index contributed by atoms with van der Waals surface area (Å²) in [5, 5.41) is 11.5. The van der Waals surface area contributed by atoms with Gasteiger partial charge in [-0.15, -0.1) is 0 Å². The number of aromatic nitrogens is 2. The second-order valence-corrected chi connectivity index (χ2v) is 4.79. The Morgan fingerprint density at radius 1 is 1.35 bits per heavy atom. The highest BCUT2D eigenvalue weighted by atomic mass is 35.5. The van der Waals surface area contributed by atoms with Crippen molar-refractivity contribution in [2.75, 3.05) is 6.54 Å². The molecule has 0 saturated carbocycles. The van der Waals surface area contributed by atoms with E-state index in [1.165, 1.54) is 12.1 Å². The topological polar surface area (TPSA) is 40.7 Å². The minimum absolute atomic E-state index is 0.395. The summed E-state index contributed by atoms with van der Waals surface area (Å²) in [6.45, 7) is 1.08. The highest BCUT2D eigenvalue weighted by Crippen LogP contribution is 2.31. The molecule has 0 aliphatic carbocycles. The molecular weight excluding hydrogens is 234 g/mol. The van der Waals surface area contributed by atoms with Crippen molar-refractivity contribution in [3.05, 3.63) is 41.2 Å². The molecule has 0 amide bonds. The van der Waals surface area contributed by atoms with Crippen LogP contribution >= 0.6 is 11.6 Å². The van der Waals surface area contributed by atoms with Crippen LogP contribution in [0.4, 0.5) is 0 Å². The Hall–Kier alpha value is -1.32. The van der Waals surface area contributed by atoms with E-state index in [2.05, 4.69) is 21.6 Å². The maximum atomic E-state index is 6.03. The number of halogens is 1. The number of hydrogen-bond donors (Lipinski definition) is 2. The fourth-order valence-corrected chi connectivity index (χ4v) is 2.57. The van der Waals surface area contributed by atoms with E-state index in [-0.39, 0.29) is 0 Å². The van der Waals surface area contributed by atoms with Gasteiger partial charge in [-0.1, -0.05) is 23.7 Å². The van der Waals surface area contributed by atoms with Crippen LogP contribution < -0.4 is 5.32 Å². The van der Waals surface area contributed by atoms with E-state index in [1.807, 2.05) is 24.4 Å². The first-order valence-electron chi connectivity index (χ1n) is 5.87. The number of nitrogens with one attached hydrogen (secondary N) is 2. The molecule has 3 nitrogen and oxygen atoms in total. The predicted octanol–water partition coefficient (Wildman–Crippen LogP) is 3.15. The summed E-state index contributed by atoms with van der Waals surface area (Å²) >= 11 is 6.03. The molecule has 1 unspecified atom stereocenters. The fourth-order valence-electron chi connectivity index (χ4n) is 2.38. The molecule has 1 fully saturated rings. The third-order valence-electron chi connectivity index (χ3n) is 3.21. The minimum Gasteiger partial charge on any atom is -0.309 e. The number of H-pyrrole nitrogens is 1. The third kappa shape index (κ3) is 2.08. The van der Waals surface area contributed by atoms with Crippen molar-refractivity contribution in [3.8, 4) is 11.1 Å². The smallest absolute Gasteiger partial charge is 0.0599 e. The summed E-state index contributed by atoms with van der Waals surface area (Å²) < 4.78 is 0. The van der Waals surface area contributed by atoms with Crippen molar-refractivity contribution in [2.24, 2.45) is 0 Å². The number of aromatic amines is 1. The summed E-state index contributed by atoms with van der Waals surface area (Å²) in [5.41, 5.74) is 3.44. The van der Waals surface area contributed by atoms with Crippen molar-refractivity contribution in [3.63, 3.8) is 0 Å². The summed E-state index contributed by atoms with van der Waals surface area (Å²) in [7, 11) is 0. The second kappa shape index (κ2) is 4.51. The van der Waals surface area contributed by atoms with Gasteiger partial charge < -0.3 is 5.32 Å². The van der Waals surface area contributed by atoms with Gasteiger partial charge in [0, 0.05) is 16.6 Å². The van der Waals surface area contributed by atoms with Gasteiger partial charge in [-0.2, -0.15) is 5.10 Å². The molecule has 2 aromatic rings. The highest BCUT2D eigenvalue weighted by Gasteiger charge is 2.21. The van der Waals surface area contributed by atoms with Crippen LogP contribution in [0.3, 0.4) is 0 Å². The van der Waals surface area contributed by atoms with Crippen molar-refractivity contribution in [1.29, 1.82) is 0 Å². The van der Waals surface area contributed by atoms with Crippen LogP contribution in [0.15, 0.2) is 30.5 Å². The van der Waals surface area contributed by atoms with Crippen LogP contribution in [0.25, 0.3) is 11.1 Å². The molecule has 1 aromatic carbocycles. The lowest BCUT2D eigenvalue weighted by atomic mass is 10.0. The Kier molecular flexibility index (Phi) is 2.87. The monoisotopic (exact) mass is 247 g/mol. The van der Waals surface area contributed by atoms with E-state index in [4.69, 9.17) is 11.6 Å². The summed E-state index contributed by atoms with van der Waals surface area (Å²) in [4.78, 5) is 0. The van der Waals surface area contributed by atoms with Gasteiger partial charge in [-0.25, -0.2) is 0 Å². The van der Waals surface area contributed by atoms with Crippen LogP contribution in [0.5, 0.6) is 0 Å². The molecule has 88 valence electrons. The average molecular weight is 248 g/mol. The first-order chi connectivity index (χ1) is 8.34. The van der Waals surface area contributed by atoms with E-state index >= 15 is 0 Å². The normalized spacial score (nSPS) is 19.7. The molecule has 0 spiro atoms. The fraction of sp³-hybridized carbons (Fsp3) is 0.308. The highest BCUT2D eigenvalue weighted by molar-refractivity contribution is 6.30. The molecule has 1 aliphatic rings. The molecule has 17 heavy (non-hydrogen) atoms. The Labute approximate surface area is 105 Å². The molecule has 1 atom stereocenters. The molecule has 1 aromatic heterocycles. The van der Waals surface area contributed by atoms with E-state index in [1.54, 1.807) is 0 Å². The first-order valence-corrected chi connectivity index (χ1v) is 6.25. The van der Waals surface area contributed by atoms with Crippen LogP contribution in [0.1, 0.15) is 24.6 Å². The molecule has 0 radical (unpaired) electrons. The summed E-state index contributed by atoms with van der Waals surface area (Å²) in [5.74, 6) is 0. The lowest BCUT2D eigenvalue weighted by Crippen LogP contribution is -2.14. The zero-order chi connectivity index (χ0) is 11.7. The van der Waals surface area contributed by atoms with E-state index in [0.717, 1.165) is 29.1 Å². The number of nitrogens with zero attached hydrogens (tertiary/aromatic N) is 1. The first kappa shape index (κ1) is 10.8. The lowest BCUT2D eigenvalue weighted by Gasteiger charge is -2.10. The molecule has 3 rings (SSSR count). The van der Waals surface area contributed by atoms with Gasteiger partial charge in [0.2, 0.25) is 0 Å². The van der Waals surface area contributed by atoms with Gasteiger partial charge in [-0.05, 0) is 37.1 Å². The number of rotatable bonds is 2. The van der Waals surface area contributed by atoms with Crippen molar-refractivity contribution < 1.29 is 0 Å². The van der Waals surface area contributed by atoms with Gasteiger partial charge in [0.25, 0.3) is 0 Å². The van der Waals surface area contributed by atoms with Gasteiger partial charge in [-0.3, -0.25) is 5.10 Å². The SMILES string of the molecule is Clc1cccc(-c2cn[nH]c2C2CCCN2)c1. The van der Waals surface area contributed by atoms with E-state index in [9.17, 15) is 0 Å². The van der Waals surface area contributed by atoms with Crippen molar-refractivity contribution >= 4 is 11.6 Å². The van der Waals surface area contributed by atoms with E-state index in [0.29, 0.717) is 6.04 Å². The van der Waals surface area contributed by atoms with Crippen LogP contribution in [0, 0.1) is 0 Å². The minimum atomic E-state index is 0.395. The second-order valence-electron chi connectivity index (χ2n) is 4.36. The van der Waals surface area contributed by atoms with Gasteiger partial charge >= 0.3 is 0 Å². The maximum absolute atomic E-state index is 6.03. The van der Waals surface area contributed by atoms with Gasteiger partial charge in [0.15, 0.2) is 0 Å². The number of hydrogen-bond acceptors (Lipinski definition) is 2. The largest absolute Gasteiger partial charge is 0.309 e. The quantitative estimate of drug-likeness (QED) is 0.856. The zero-order valence-electron chi connectivity index (χ0n) is 9.41. The Bertz CT molecular complexity index is 515. The zero-order valence-corrected chi connectivity index (χ0v) is 10.2. The van der Waals surface area contributed by atoms with Crippen molar-refractivity contribution in [1.82, 2.24) is 15.5 Å². The summed E-state index contributed by atoms with van der Waals surface area (Å²) in [6.07, 6.45) is 4.26. The predicted molar refractivity (Wildman–Crippen MR) is 69.0 cm³/mol.